The van der Waals surface area contributed by atoms with Gasteiger partial charge in [0, 0.05) is 27.5 Å². The molecule has 0 aromatic heterocycles. The van der Waals surface area contributed by atoms with Gasteiger partial charge in [0.15, 0.2) is 0 Å². The number of nitrogens with zero attached hydrogens (tertiary/aromatic N) is 1. The molecule has 2 fully saturated rings. The maximum atomic E-state index is 5.68. The average molecular weight is 417 g/mol. The SMILES string of the molecule is COc1cccc2c1Sc1cc(Br)ccc1N2C1CC2CCC(C1)N2. The average Bonchev–Trinajstić information content (AvgIpc) is 2.97. The van der Waals surface area contributed by atoms with Crippen molar-refractivity contribution >= 4 is 39.1 Å². The van der Waals surface area contributed by atoms with Crippen LogP contribution in [0.15, 0.2) is 50.7 Å². The summed E-state index contributed by atoms with van der Waals surface area (Å²) in [5.41, 5.74) is 2.63. The van der Waals surface area contributed by atoms with Crippen LogP contribution < -0.4 is 15.0 Å². The van der Waals surface area contributed by atoms with Gasteiger partial charge in [-0.05, 0) is 56.0 Å². The number of fused-ring (bicyclic) bond motifs is 4. The van der Waals surface area contributed by atoms with Gasteiger partial charge in [0.1, 0.15) is 5.75 Å². The minimum atomic E-state index is 0.547. The van der Waals surface area contributed by atoms with E-state index in [9.17, 15) is 0 Å². The van der Waals surface area contributed by atoms with Crippen LogP contribution in [0.5, 0.6) is 5.75 Å². The van der Waals surface area contributed by atoms with Gasteiger partial charge < -0.3 is 15.0 Å². The smallest absolute Gasteiger partial charge is 0.134 e. The molecule has 5 rings (SSSR count). The topological polar surface area (TPSA) is 24.5 Å². The number of anilines is 2. The zero-order valence-electron chi connectivity index (χ0n) is 14.2. The van der Waals surface area contributed by atoms with Crippen molar-refractivity contribution in [1.82, 2.24) is 5.32 Å². The van der Waals surface area contributed by atoms with E-state index in [1.54, 1.807) is 7.11 Å². The first-order chi connectivity index (χ1) is 12.2. The second-order valence-electron chi connectivity index (χ2n) is 7.16. The summed E-state index contributed by atoms with van der Waals surface area (Å²) in [6.45, 7) is 0. The van der Waals surface area contributed by atoms with Crippen molar-refractivity contribution in [1.29, 1.82) is 0 Å². The van der Waals surface area contributed by atoms with Gasteiger partial charge in [-0.3, -0.25) is 0 Å². The Kier molecular flexibility index (Phi) is 3.99. The quantitative estimate of drug-likeness (QED) is 0.713. The van der Waals surface area contributed by atoms with Gasteiger partial charge in [-0.25, -0.2) is 0 Å². The molecule has 2 atom stereocenters. The Balaban J connectivity index is 1.64. The normalized spacial score (nSPS) is 27.0. The van der Waals surface area contributed by atoms with Crippen molar-refractivity contribution < 1.29 is 4.74 Å². The number of ether oxygens (including phenoxy) is 1. The lowest BCUT2D eigenvalue weighted by Crippen LogP contribution is -2.47. The van der Waals surface area contributed by atoms with E-state index >= 15 is 0 Å². The molecular formula is C20H21BrN2OS. The molecule has 0 spiro atoms. The zero-order valence-corrected chi connectivity index (χ0v) is 16.6. The van der Waals surface area contributed by atoms with Crippen molar-refractivity contribution in [2.75, 3.05) is 12.0 Å². The van der Waals surface area contributed by atoms with Crippen LogP contribution in [0.25, 0.3) is 0 Å². The Bertz CT molecular complexity index is 815. The fourth-order valence-corrected chi connectivity index (χ4v) is 6.31. The molecule has 0 saturated carbocycles. The van der Waals surface area contributed by atoms with Gasteiger partial charge in [-0.15, -0.1) is 0 Å². The molecule has 3 aliphatic rings. The van der Waals surface area contributed by atoms with E-state index in [4.69, 9.17) is 4.74 Å². The van der Waals surface area contributed by atoms with Crippen molar-refractivity contribution in [3.8, 4) is 5.75 Å². The maximum Gasteiger partial charge on any atom is 0.134 e. The van der Waals surface area contributed by atoms with Crippen LogP contribution in [0.4, 0.5) is 11.4 Å². The molecule has 2 unspecified atom stereocenters. The third-order valence-corrected chi connectivity index (χ3v) is 7.30. The maximum absolute atomic E-state index is 5.68. The van der Waals surface area contributed by atoms with E-state index in [1.807, 2.05) is 11.8 Å². The first-order valence-electron chi connectivity index (χ1n) is 8.92. The molecule has 2 saturated heterocycles. The number of rotatable bonds is 2. The van der Waals surface area contributed by atoms with Gasteiger partial charge in [0.05, 0.1) is 23.4 Å². The first-order valence-corrected chi connectivity index (χ1v) is 10.5. The van der Waals surface area contributed by atoms with E-state index in [0.717, 1.165) is 10.2 Å². The second-order valence-corrected chi connectivity index (χ2v) is 9.12. The summed E-state index contributed by atoms with van der Waals surface area (Å²) in [6, 6.07) is 15.0. The van der Waals surface area contributed by atoms with Gasteiger partial charge in [0.2, 0.25) is 0 Å². The zero-order chi connectivity index (χ0) is 17.0. The van der Waals surface area contributed by atoms with Crippen molar-refractivity contribution in [3.63, 3.8) is 0 Å². The van der Waals surface area contributed by atoms with Crippen LogP contribution in [-0.4, -0.2) is 25.2 Å². The summed E-state index contributed by atoms with van der Waals surface area (Å²) in [4.78, 5) is 5.13. The summed E-state index contributed by atoms with van der Waals surface area (Å²) in [5, 5.41) is 3.77. The fourth-order valence-electron chi connectivity index (χ4n) is 4.60. The highest BCUT2D eigenvalue weighted by Crippen LogP contribution is 2.54. The highest BCUT2D eigenvalue weighted by molar-refractivity contribution is 9.10. The number of methoxy groups -OCH3 is 1. The molecule has 25 heavy (non-hydrogen) atoms. The molecule has 0 amide bonds. The van der Waals surface area contributed by atoms with Crippen molar-refractivity contribution in [3.05, 3.63) is 40.9 Å². The molecule has 5 heteroatoms. The van der Waals surface area contributed by atoms with Crippen LogP contribution in [0.3, 0.4) is 0 Å². The lowest BCUT2D eigenvalue weighted by molar-refractivity contribution is 0.358. The number of piperidine rings is 1. The minimum absolute atomic E-state index is 0.547. The van der Waals surface area contributed by atoms with Gasteiger partial charge in [-0.1, -0.05) is 33.8 Å². The van der Waals surface area contributed by atoms with E-state index < -0.39 is 0 Å². The van der Waals surface area contributed by atoms with Crippen LogP contribution in [0.1, 0.15) is 25.7 Å². The van der Waals surface area contributed by atoms with Crippen LogP contribution in [-0.2, 0) is 0 Å². The molecule has 3 nitrogen and oxygen atoms in total. The number of hydrogen-bond donors (Lipinski definition) is 1. The Morgan fingerprint density at radius 1 is 1.12 bits per heavy atom. The highest BCUT2D eigenvalue weighted by Gasteiger charge is 2.39. The first kappa shape index (κ1) is 16.0. The number of benzene rings is 2. The predicted molar refractivity (Wildman–Crippen MR) is 106 cm³/mol. The standard InChI is InChI=1S/C20H21BrN2OS/c1-24-18-4-2-3-17-20(18)25-19-9-12(21)5-8-16(19)23(17)15-10-13-6-7-14(11-15)22-13/h2-5,8-9,13-15,22H,6-7,10-11H2,1H3. The third-order valence-electron chi connectivity index (χ3n) is 5.64. The molecule has 2 bridgehead atoms. The largest absolute Gasteiger partial charge is 0.495 e. The molecule has 1 N–H and O–H groups in total. The van der Waals surface area contributed by atoms with Gasteiger partial charge >= 0.3 is 0 Å². The third kappa shape index (κ3) is 2.68. The number of halogens is 1. The van der Waals surface area contributed by atoms with E-state index in [2.05, 4.69) is 62.5 Å². The molecule has 2 aromatic rings. The summed E-state index contributed by atoms with van der Waals surface area (Å²) in [6.07, 6.45) is 5.07. The summed E-state index contributed by atoms with van der Waals surface area (Å²) in [7, 11) is 1.77. The van der Waals surface area contributed by atoms with Crippen molar-refractivity contribution in [2.24, 2.45) is 0 Å². The molecule has 0 radical (unpaired) electrons. The molecule has 3 heterocycles. The van der Waals surface area contributed by atoms with E-state index in [1.165, 1.54) is 46.8 Å². The summed E-state index contributed by atoms with van der Waals surface area (Å²) >= 11 is 5.46. The molecular weight excluding hydrogens is 396 g/mol. The molecule has 0 aliphatic carbocycles. The monoisotopic (exact) mass is 416 g/mol. The lowest BCUT2D eigenvalue weighted by atomic mass is 9.96. The summed E-state index contributed by atoms with van der Waals surface area (Å²) < 4.78 is 6.80. The van der Waals surface area contributed by atoms with E-state index in [-0.39, 0.29) is 0 Å². The number of hydrogen-bond acceptors (Lipinski definition) is 4. The second kappa shape index (κ2) is 6.22. The highest BCUT2D eigenvalue weighted by atomic mass is 79.9. The van der Waals surface area contributed by atoms with Crippen LogP contribution in [0.2, 0.25) is 0 Å². The number of nitrogens with one attached hydrogen (secondary N) is 1. The fraction of sp³-hybridized carbons (Fsp3) is 0.400. The van der Waals surface area contributed by atoms with E-state index in [0.29, 0.717) is 18.1 Å². The lowest BCUT2D eigenvalue weighted by Gasteiger charge is -2.42. The molecule has 2 aromatic carbocycles. The minimum Gasteiger partial charge on any atom is -0.495 e. The van der Waals surface area contributed by atoms with Crippen molar-refractivity contribution in [2.45, 2.75) is 53.6 Å². The Labute approximate surface area is 161 Å². The molecule has 3 aliphatic heterocycles. The van der Waals surface area contributed by atoms with Gasteiger partial charge in [0.25, 0.3) is 0 Å². The molecule has 130 valence electrons. The predicted octanol–water partition coefficient (Wildman–Crippen LogP) is 5.34. The Hall–Kier alpha value is -1.17. The Morgan fingerprint density at radius 3 is 2.68 bits per heavy atom. The van der Waals surface area contributed by atoms with Crippen LogP contribution in [0, 0.1) is 0 Å². The Morgan fingerprint density at radius 2 is 1.92 bits per heavy atom. The van der Waals surface area contributed by atoms with Gasteiger partial charge in [-0.2, -0.15) is 0 Å². The van der Waals surface area contributed by atoms with Crippen LogP contribution >= 0.6 is 27.7 Å². The summed E-state index contributed by atoms with van der Waals surface area (Å²) in [5.74, 6) is 0.968.